The molecule has 2 aliphatic heterocycles. The van der Waals surface area contributed by atoms with E-state index in [1.165, 1.54) is 4.90 Å². The van der Waals surface area contributed by atoms with Gasteiger partial charge in [-0.2, -0.15) is 0 Å². The molecule has 0 bridgehead atoms. The minimum Gasteiger partial charge on any atom is -0.351 e. The monoisotopic (exact) mass is 372 g/mol. The van der Waals surface area contributed by atoms with Gasteiger partial charge in [0.1, 0.15) is 0 Å². The fraction of sp³-hybridized carbons (Fsp3) is 0.263. The van der Waals surface area contributed by atoms with Crippen LogP contribution in [0, 0.1) is 0 Å². The molecule has 0 aliphatic carbocycles. The molecule has 2 N–H and O–H groups in total. The predicted octanol–water partition coefficient (Wildman–Crippen LogP) is 3.52. The molecular weight excluding hydrogens is 356 g/mol. The van der Waals surface area contributed by atoms with Crippen LogP contribution in [0.1, 0.15) is 39.9 Å². The quantitative estimate of drug-likeness (QED) is 0.848. The first-order valence-corrected chi connectivity index (χ1v) is 9.59. The second-order valence-corrected chi connectivity index (χ2v) is 7.80. The van der Waals surface area contributed by atoms with Crippen molar-refractivity contribution >= 4 is 35.2 Å². The summed E-state index contributed by atoms with van der Waals surface area (Å²) in [5.74, 6) is 0.407. The van der Waals surface area contributed by atoms with Crippen LogP contribution in [0.15, 0.2) is 47.4 Å². The van der Waals surface area contributed by atoms with E-state index in [9.17, 15) is 9.59 Å². The number of halogens is 1. The van der Waals surface area contributed by atoms with Gasteiger partial charge < -0.3 is 10.6 Å². The van der Waals surface area contributed by atoms with Crippen molar-refractivity contribution in [3.8, 4) is 0 Å². The lowest BCUT2D eigenvalue weighted by atomic mass is 9.89. The lowest BCUT2D eigenvalue weighted by Gasteiger charge is -2.30. The Bertz CT molecular complexity index is 855. The van der Waals surface area contributed by atoms with Gasteiger partial charge in [-0.05, 0) is 41.8 Å². The highest BCUT2D eigenvalue weighted by molar-refractivity contribution is 7.99. The Labute approximate surface area is 155 Å². The van der Waals surface area contributed by atoms with Gasteiger partial charge in [-0.25, -0.2) is 0 Å². The molecule has 0 radical (unpaired) electrons. The third kappa shape index (κ3) is 3.14. The Kier molecular flexibility index (Phi) is 4.44. The molecular formula is C19H17ClN2O2S. The van der Waals surface area contributed by atoms with Crippen molar-refractivity contribution in [1.29, 1.82) is 0 Å². The summed E-state index contributed by atoms with van der Waals surface area (Å²) < 4.78 is 0. The number of hydrogen-bond acceptors (Lipinski definition) is 3. The molecule has 25 heavy (non-hydrogen) atoms. The lowest BCUT2D eigenvalue weighted by Crippen LogP contribution is -2.43. The molecule has 0 saturated heterocycles. The van der Waals surface area contributed by atoms with E-state index in [1.54, 1.807) is 17.8 Å². The second kappa shape index (κ2) is 6.73. The van der Waals surface area contributed by atoms with E-state index in [4.69, 9.17) is 11.6 Å². The highest BCUT2D eigenvalue weighted by atomic mass is 35.5. The third-order valence-electron chi connectivity index (χ3n) is 4.69. The van der Waals surface area contributed by atoms with Gasteiger partial charge in [-0.1, -0.05) is 29.8 Å². The highest BCUT2D eigenvalue weighted by Crippen LogP contribution is 2.38. The lowest BCUT2D eigenvalue weighted by molar-refractivity contribution is -0.123. The number of amides is 2. The van der Waals surface area contributed by atoms with Crippen LogP contribution in [0.5, 0.6) is 0 Å². The van der Waals surface area contributed by atoms with Crippen molar-refractivity contribution in [3.63, 3.8) is 0 Å². The zero-order chi connectivity index (χ0) is 17.4. The summed E-state index contributed by atoms with van der Waals surface area (Å²) in [5, 5.41) is 6.65. The average Bonchev–Trinajstić information content (AvgIpc) is 2.63. The molecule has 2 aromatic rings. The van der Waals surface area contributed by atoms with Crippen LogP contribution >= 0.6 is 23.4 Å². The molecule has 2 aliphatic rings. The summed E-state index contributed by atoms with van der Waals surface area (Å²) >= 11 is 7.93. The molecule has 2 unspecified atom stereocenters. The third-order valence-corrected chi connectivity index (χ3v) is 6.05. The van der Waals surface area contributed by atoms with Gasteiger partial charge >= 0.3 is 0 Å². The van der Waals surface area contributed by atoms with E-state index < -0.39 is 0 Å². The van der Waals surface area contributed by atoms with E-state index in [1.807, 2.05) is 36.4 Å². The standard InChI is InChI=1S/C19H17ClN2O2S/c20-11-5-6-17-14(9-11)16(7-8-25-17)22-19(24)15-10-21-18(23)13-4-2-1-3-12(13)15/h1-6,9,15-16H,7-8,10H2,(H,21,23)(H,22,24). The second-order valence-electron chi connectivity index (χ2n) is 6.23. The number of carbonyl (C=O) groups is 2. The van der Waals surface area contributed by atoms with Gasteiger partial charge in [-0.15, -0.1) is 11.8 Å². The number of carbonyl (C=O) groups excluding carboxylic acids is 2. The number of rotatable bonds is 2. The molecule has 0 aromatic heterocycles. The van der Waals surface area contributed by atoms with Crippen molar-refractivity contribution < 1.29 is 9.59 Å². The maximum absolute atomic E-state index is 12.9. The van der Waals surface area contributed by atoms with Gasteiger partial charge in [0.25, 0.3) is 5.91 Å². The first kappa shape index (κ1) is 16.5. The van der Waals surface area contributed by atoms with Crippen molar-refractivity contribution in [2.75, 3.05) is 12.3 Å². The number of hydrogen-bond donors (Lipinski definition) is 2. The van der Waals surface area contributed by atoms with Gasteiger partial charge in [0.2, 0.25) is 5.91 Å². The predicted molar refractivity (Wildman–Crippen MR) is 99.2 cm³/mol. The minimum absolute atomic E-state index is 0.0489. The topological polar surface area (TPSA) is 58.2 Å². The molecule has 2 atom stereocenters. The maximum Gasteiger partial charge on any atom is 0.251 e. The van der Waals surface area contributed by atoms with Crippen molar-refractivity contribution in [2.45, 2.75) is 23.3 Å². The summed E-state index contributed by atoms with van der Waals surface area (Å²) in [5.41, 5.74) is 2.45. The Balaban J connectivity index is 1.59. The van der Waals surface area contributed by atoms with E-state index in [-0.39, 0.29) is 23.8 Å². The van der Waals surface area contributed by atoms with Crippen molar-refractivity contribution in [3.05, 3.63) is 64.2 Å². The highest BCUT2D eigenvalue weighted by Gasteiger charge is 2.32. The normalized spacial score (nSPS) is 21.7. The SMILES string of the molecule is O=C1NCC(C(=O)NC2CCSc3ccc(Cl)cc32)c2ccccc21. The molecule has 0 fully saturated rings. The Morgan fingerprint density at radius 1 is 1.20 bits per heavy atom. The minimum atomic E-state index is -0.369. The van der Waals surface area contributed by atoms with Crippen LogP contribution in [0.2, 0.25) is 5.02 Å². The molecule has 2 aromatic carbocycles. The van der Waals surface area contributed by atoms with Crippen LogP contribution in [0.4, 0.5) is 0 Å². The largest absolute Gasteiger partial charge is 0.351 e. The molecule has 4 rings (SSSR count). The number of benzene rings is 2. The first-order chi connectivity index (χ1) is 12.1. The average molecular weight is 373 g/mol. The van der Waals surface area contributed by atoms with Crippen LogP contribution in [-0.4, -0.2) is 24.1 Å². The zero-order valence-electron chi connectivity index (χ0n) is 13.4. The maximum atomic E-state index is 12.9. The number of fused-ring (bicyclic) bond motifs is 2. The fourth-order valence-corrected chi connectivity index (χ4v) is 4.72. The van der Waals surface area contributed by atoms with E-state index in [2.05, 4.69) is 10.6 Å². The van der Waals surface area contributed by atoms with E-state index in [0.29, 0.717) is 17.1 Å². The summed E-state index contributed by atoms with van der Waals surface area (Å²) in [6.07, 6.45) is 0.866. The first-order valence-electron chi connectivity index (χ1n) is 8.23. The molecule has 2 heterocycles. The molecule has 4 nitrogen and oxygen atoms in total. The summed E-state index contributed by atoms with van der Waals surface area (Å²) in [4.78, 5) is 26.1. The fourth-order valence-electron chi connectivity index (χ4n) is 3.43. The molecule has 2 amide bonds. The number of thioether (sulfide) groups is 1. The van der Waals surface area contributed by atoms with Crippen molar-refractivity contribution in [2.24, 2.45) is 0 Å². The smallest absolute Gasteiger partial charge is 0.251 e. The Hall–Kier alpha value is -1.98. The molecule has 6 heteroatoms. The van der Waals surface area contributed by atoms with Gasteiger partial charge in [0.15, 0.2) is 0 Å². The van der Waals surface area contributed by atoms with Crippen LogP contribution in [0.25, 0.3) is 0 Å². The van der Waals surface area contributed by atoms with Gasteiger partial charge in [0.05, 0.1) is 12.0 Å². The molecule has 128 valence electrons. The zero-order valence-corrected chi connectivity index (χ0v) is 15.0. The van der Waals surface area contributed by atoms with Crippen LogP contribution < -0.4 is 10.6 Å². The molecule has 0 saturated carbocycles. The van der Waals surface area contributed by atoms with E-state index >= 15 is 0 Å². The summed E-state index contributed by atoms with van der Waals surface area (Å²) in [7, 11) is 0. The van der Waals surface area contributed by atoms with Crippen LogP contribution in [0.3, 0.4) is 0 Å². The summed E-state index contributed by atoms with van der Waals surface area (Å²) in [6.45, 7) is 0.325. The van der Waals surface area contributed by atoms with E-state index in [0.717, 1.165) is 23.3 Å². The molecule has 0 spiro atoms. The Morgan fingerprint density at radius 2 is 2.04 bits per heavy atom. The Morgan fingerprint density at radius 3 is 2.92 bits per heavy atom. The van der Waals surface area contributed by atoms with Crippen molar-refractivity contribution in [1.82, 2.24) is 10.6 Å². The van der Waals surface area contributed by atoms with Gasteiger partial charge in [-0.3, -0.25) is 9.59 Å². The van der Waals surface area contributed by atoms with Crippen LogP contribution in [-0.2, 0) is 4.79 Å². The van der Waals surface area contributed by atoms with Gasteiger partial charge in [0, 0.05) is 27.8 Å². The summed E-state index contributed by atoms with van der Waals surface area (Å²) in [6, 6.07) is 13.1. The number of nitrogens with one attached hydrogen (secondary N) is 2.